The monoisotopic (exact) mass is 319 g/mol. The van der Waals surface area contributed by atoms with E-state index in [0.717, 1.165) is 32.4 Å². The molecule has 126 valence electrons. The SMILES string of the molecule is CCC1(CNC(=O)c2cn(CC(=O)N3CCCC3)nn2)CCC1. The van der Waals surface area contributed by atoms with Gasteiger partial charge in [0.25, 0.3) is 5.91 Å². The summed E-state index contributed by atoms with van der Waals surface area (Å²) in [6.07, 6.45) is 8.39. The standard InChI is InChI=1S/C16H25N5O2/c1-2-16(6-5-7-16)12-17-15(23)13-10-21(19-18-13)11-14(22)20-8-3-4-9-20/h10H,2-9,11-12H2,1H3,(H,17,23). The number of carbonyl (C=O) groups is 2. The summed E-state index contributed by atoms with van der Waals surface area (Å²) in [6.45, 7) is 4.66. The highest BCUT2D eigenvalue weighted by atomic mass is 16.2. The van der Waals surface area contributed by atoms with E-state index in [1.54, 1.807) is 6.20 Å². The maximum Gasteiger partial charge on any atom is 0.273 e. The fourth-order valence-electron chi connectivity index (χ4n) is 3.38. The summed E-state index contributed by atoms with van der Waals surface area (Å²) >= 11 is 0. The average molecular weight is 319 g/mol. The normalized spacial score (nSPS) is 19.4. The molecule has 2 amide bonds. The molecule has 0 unspecified atom stereocenters. The molecule has 7 nitrogen and oxygen atoms in total. The van der Waals surface area contributed by atoms with Gasteiger partial charge in [-0.15, -0.1) is 5.10 Å². The lowest BCUT2D eigenvalue weighted by Crippen LogP contribution is -2.41. The number of rotatable bonds is 6. The third-order valence-corrected chi connectivity index (χ3v) is 5.32. The summed E-state index contributed by atoms with van der Waals surface area (Å²) in [7, 11) is 0. The molecule has 1 aromatic rings. The topological polar surface area (TPSA) is 80.1 Å². The van der Waals surface area contributed by atoms with E-state index in [9.17, 15) is 9.59 Å². The van der Waals surface area contributed by atoms with Gasteiger partial charge >= 0.3 is 0 Å². The predicted octanol–water partition coefficient (Wildman–Crippen LogP) is 1.21. The van der Waals surface area contributed by atoms with Crippen LogP contribution in [0.3, 0.4) is 0 Å². The zero-order valence-corrected chi connectivity index (χ0v) is 13.8. The van der Waals surface area contributed by atoms with Crippen molar-refractivity contribution in [3.05, 3.63) is 11.9 Å². The number of nitrogens with zero attached hydrogens (tertiary/aromatic N) is 4. The fourth-order valence-corrected chi connectivity index (χ4v) is 3.38. The Balaban J connectivity index is 1.51. The molecule has 23 heavy (non-hydrogen) atoms. The van der Waals surface area contributed by atoms with Gasteiger partial charge in [0.2, 0.25) is 5.91 Å². The summed E-state index contributed by atoms with van der Waals surface area (Å²) in [4.78, 5) is 26.1. The van der Waals surface area contributed by atoms with Crippen molar-refractivity contribution in [1.82, 2.24) is 25.2 Å². The maximum atomic E-state index is 12.2. The van der Waals surface area contributed by atoms with Gasteiger partial charge in [0, 0.05) is 19.6 Å². The third-order valence-electron chi connectivity index (χ3n) is 5.32. The molecular formula is C16H25N5O2. The molecule has 2 aliphatic rings. The van der Waals surface area contributed by atoms with Crippen molar-refractivity contribution in [3.63, 3.8) is 0 Å². The number of aromatic nitrogens is 3. The maximum absolute atomic E-state index is 12.2. The van der Waals surface area contributed by atoms with Crippen LogP contribution >= 0.6 is 0 Å². The van der Waals surface area contributed by atoms with Crippen molar-refractivity contribution in [2.45, 2.75) is 52.0 Å². The number of carbonyl (C=O) groups excluding carboxylic acids is 2. The second-order valence-electron chi connectivity index (χ2n) is 6.78. The Labute approximate surface area is 136 Å². The first-order valence-corrected chi connectivity index (χ1v) is 8.58. The van der Waals surface area contributed by atoms with E-state index in [2.05, 4.69) is 22.6 Å². The molecule has 1 aliphatic carbocycles. The molecule has 3 rings (SSSR count). The van der Waals surface area contributed by atoms with Crippen molar-refractivity contribution >= 4 is 11.8 Å². The number of hydrogen-bond acceptors (Lipinski definition) is 4. The predicted molar refractivity (Wildman–Crippen MR) is 84.7 cm³/mol. The molecule has 2 fully saturated rings. The zero-order valence-electron chi connectivity index (χ0n) is 13.8. The Bertz CT molecular complexity index is 567. The average Bonchev–Trinajstić information content (AvgIpc) is 3.17. The Hall–Kier alpha value is -1.92. The van der Waals surface area contributed by atoms with Crippen LogP contribution in [-0.2, 0) is 11.3 Å². The van der Waals surface area contributed by atoms with E-state index in [4.69, 9.17) is 0 Å². The number of amides is 2. The van der Waals surface area contributed by atoms with E-state index in [-0.39, 0.29) is 29.5 Å². The lowest BCUT2D eigenvalue weighted by Gasteiger charge is -2.41. The highest BCUT2D eigenvalue weighted by Gasteiger charge is 2.35. The molecular weight excluding hydrogens is 294 g/mol. The summed E-state index contributed by atoms with van der Waals surface area (Å²) in [5, 5.41) is 10.8. The molecule has 1 aromatic heterocycles. The first-order valence-electron chi connectivity index (χ1n) is 8.58. The van der Waals surface area contributed by atoms with Crippen LogP contribution in [0, 0.1) is 5.41 Å². The zero-order chi connectivity index (χ0) is 16.3. The minimum Gasteiger partial charge on any atom is -0.350 e. The molecule has 2 heterocycles. The molecule has 0 bridgehead atoms. The van der Waals surface area contributed by atoms with Crippen LogP contribution in [0.25, 0.3) is 0 Å². The summed E-state index contributed by atoms with van der Waals surface area (Å²) < 4.78 is 1.45. The molecule has 0 spiro atoms. The van der Waals surface area contributed by atoms with Crippen LogP contribution < -0.4 is 5.32 Å². The van der Waals surface area contributed by atoms with Gasteiger partial charge < -0.3 is 10.2 Å². The highest BCUT2D eigenvalue weighted by Crippen LogP contribution is 2.43. The Kier molecular flexibility index (Phi) is 4.63. The van der Waals surface area contributed by atoms with Gasteiger partial charge in [-0.2, -0.15) is 0 Å². The minimum absolute atomic E-state index is 0.0405. The van der Waals surface area contributed by atoms with Gasteiger partial charge in [0.1, 0.15) is 6.54 Å². The van der Waals surface area contributed by atoms with E-state index in [1.807, 2.05) is 4.90 Å². The number of nitrogens with one attached hydrogen (secondary N) is 1. The van der Waals surface area contributed by atoms with Gasteiger partial charge in [0.15, 0.2) is 5.69 Å². The Morgan fingerprint density at radius 2 is 2.00 bits per heavy atom. The molecule has 0 radical (unpaired) electrons. The second kappa shape index (κ2) is 6.68. The fraction of sp³-hybridized carbons (Fsp3) is 0.750. The van der Waals surface area contributed by atoms with Crippen LogP contribution in [0.15, 0.2) is 6.20 Å². The van der Waals surface area contributed by atoms with Crippen molar-refractivity contribution < 1.29 is 9.59 Å². The van der Waals surface area contributed by atoms with Gasteiger partial charge in [-0.3, -0.25) is 9.59 Å². The smallest absolute Gasteiger partial charge is 0.273 e. The Morgan fingerprint density at radius 1 is 1.26 bits per heavy atom. The molecule has 0 aromatic carbocycles. The molecule has 1 saturated heterocycles. The molecule has 1 N–H and O–H groups in total. The van der Waals surface area contributed by atoms with Crippen LogP contribution in [0.5, 0.6) is 0 Å². The van der Waals surface area contributed by atoms with Crippen molar-refractivity contribution in [2.75, 3.05) is 19.6 Å². The lowest BCUT2D eigenvalue weighted by molar-refractivity contribution is -0.130. The van der Waals surface area contributed by atoms with E-state index >= 15 is 0 Å². The van der Waals surface area contributed by atoms with Crippen LogP contribution in [0.2, 0.25) is 0 Å². The van der Waals surface area contributed by atoms with Gasteiger partial charge in [-0.25, -0.2) is 4.68 Å². The third kappa shape index (κ3) is 3.54. The van der Waals surface area contributed by atoms with E-state index in [0.29, 0.717) is 6.54 Å². The van der Waals surface area contributed by atoms with Crippen LogP contribution in [0.4, 0.5) is 0 Å². The van der Waals surface area contributed by atoms with Gasteiger partial charge in [-0.05, 0) is 37.5 Å². The minimum atomic E-state index is -0.204. The molecule has 7 heteroatoms. The first kappa shape index (κ1) is 16.0. The van der Waals surface area contributed by atoms with Crippen molar-refractivity contribution in [1.29, 1.82) is 0 Å². The lowest BCUT2D eigenvalue weighted by atomic mass is 9.67. The second-order valence-corrected chi connectivity index (χ2v) is 6.78. The van der Waals surface area contributed by atoms with Gasteiger partial charge in [-0.1, -0.05) is 18.6 Å². The van der Waals surface area contributed by atoms with E-state index < -0.39 is 0 Å². The summed E-state index contributed by atoms with van der Waals surface area (Å²) in [5.74, 6) is -0.164. The Morgan fingerprint density at radius 3 is 2.61 bits per heavy atom. The van der Waals surface area contributed by atoms with Crippen molar-refractivity contribution in [2.24, 2.45) is 5.41 Å². The summed E-state index contributed by atoms with van der Waals surface area (Å²) in [6, 6.07) is 0. The molecule has 1 saturated carbocycles. The number of likely N-dealkylation sites (tertiary alicyclic amines) is 1. The highest BCUT2D eigenvalue weighted by molar-refractivity contribution is 5.91. The largest absolute Gasteiger partial charge is 0.350 e. The summed E-state index contributed by atoms with van der Waals surface area (Å²) in [5.41, 5.74) is 0.557. The first-order chi connectivity index (χ1) is 11.1. The molecule has 1 aliphatic heterocycles. The van der Waals surface area contributed by atoms with Crippen LogP contribution in [-0.4, -0.2) is 51.3 Å². The quantitative estimate of drug-likeness (QED) is 0.854. The molecule has 0 atom stereocenters. The number of hydrogen-bond donors (Lipinski definition) is 1. The van der Waals surface area contributed by atoms with Crippen LogP contribution in [0.1, 0.15) is 55.9 Å². The van der Waals surface area contributed by atoms with Gasteiger partial charge in [0.05, 0.1) is 6.20 Å². The van der Waals surface area contributed by atoms with E-state index in [1.165, 1.54) is 23.9 Å². The van der Waals surface area contributed by atoms with Crippen molar-refractivity contribution in [3.8, 4) is 0 Å².